The molecule has 9 heteroatoms. The second-order valence-corrected chi connectivity index (χ2v) is 6.61. The molecule has 1 amide bonds. The Morgan fingerprint density at radius 2 is 1.96 bits per heavy atom. The van der Waals surface area contributed by atoms with Gasteiger partial charge in [-0.2, -0.15) is 13.2 Å². The highest BCUT2D eigenvalue weighted by Gasteiger charge is 2.38. The molecule has 1 aromatic rings. The summed E-state index contributed by atoms with van der Waals surface area (Å²) in [5.41, 5.74) is -1.87. The van der Waals surface area contributed by atoms with Crippen LogP contribution in [0, 0.1) is 5.41 Å². The molecule has 1 heterocycles. The first-order valence-electron chi connectivity index (χ1n) is 6.89. The molecule has 0 aliphatic carbocycles. The molecule has 0 radical (unpaired) electrons. The largest absolute Gasteiger partial charge is 0.444 e. The van der Waals surface area contributed by atoms with Gasteiger partial charge in [-0.3, -0.25) is 5.32 Å². The minimum absolute atomic E-state index is 0.0264. The van der Waals surface area contributed by atoms with E-state index in [-0.39, 0.29) is 10.6 Å². The molecule has 0 saturated carbocycles. The molecule has 0 aliphatic heterocycles. The van der Waals surface area contributed by atoms with Crippen molar-refractivity contribution in [2.45, 2.75) is 39.5 Å². The summed E-state index contributed by atoms with van der Waals surface area (Å²) in [6.07, 6.45) is -0.138. The van der Waals surface area contributed by atoms with E-state index in [0.717, 1.165) is 6.21 Å². The van der Waals surface area contributed by atoms with E-state index in [2.05, 4.69) is 10.3 Å². The van der Waals surface area contributed by atoms with Crippen molar-refractivity contribution in [1.82, 2.24) is 4.98 Å². The van der Waals surface area contributed by atoms with Crippen LogP contribution in [0.15, 0.2) is 18.2 Å². The average Bonchev–Trinajstić information content (AvgIpc) is 2.81. The molecule has 0 atom stereocenters. The molecular weight excluding hydrogens is 343 g/mol. The van der Waals surface area contributed by atoms with Gasteiger partial charge in [0.15, 0.2) is 5.69 Å². The molecule has 0 aromatic carbocycles. The number of allylic oxidation sites excluding steroid dienone is 4. The summed E-state index contributed by atoms with van der Waals surface area (Å²) < 4.78 is 44.4. The second kappa shape index (κ2) is 7.61. The van der Waals surface area contributed by atoms with Crippen LogP contribution in [0.3, 0.4) is 0 Å². The third-order valence-electron chi connectivity index (χ3n) is 2.38. The van der Waals surface area contributed by atoms with Crippen molar-refractivity contribution < 1.29 is 22.7 Å². The molecule has 0 spiro atoms. The van der Waals surface area contributed by atoms with Crippen molar-refractivity contribution in [3.8, 4) is 0 Å². The Bertz CT molecular complexity index is 670. The Morgan fingerprint density at radius 1 is 1.33 bits per heavy atom. The van der Waals surface area contributed by atoms with Crippen LogP contribution in [0.4, 0.5) is 23.0 Å². The highest BCUT2D eigenvalue weighted by atomic mass is 32.1. The lowest BCUT2D eigenvalue weighted by Gasteiger charge is -2.19. The van der Waals surface area contributed by atoms with Crippen LogP contribution in [0.5, 0.6) is 0 Å². The Hall–Kier alpha value is -2.16. The summed E-state index contributed by atoms with van der Waals surface area (Å²) in [7, 11) is 0. The van der Waals surface area contributed by atoms with Crippen molar-refractivity contribution in [3.63, 3.8) is 0 Å². The van der Waals surface area contributed by atoms with E-state index >= 15 is 0 Å². The van der Waals surface area contributed by atoms with Gasteiger partial charge in [-0.15, -0.1) is 0 Å². The average molecular weight is 361 g/mol. The van der Waals surface area contributed by atoms with E-state index < -0.39 is 28.6 Å². The molecule has 1 rings (SSSR count). The van der Waals surface area contributed by atoms with Gasteiger partial charge in [-0.05, 0) is 27.7 Å². The lowest BCUT2D eigenvalue weighted by molar-refractivity contribution is -0.140. The highest BCUT2D eigenvalue weighted by Crippen LogP contribution is 2.39. The molecule has 1 aromatic heterocycles. The Kier molecular flexibility index (Phi) is 6.30. The number of amides is 1. The maximum absolute atomic E-state index is 13.1. The molecule has 0 bridgehead atoms. The third-order valence-corrected chi connectivity index (χ3v) is 3.40. The smallest absolute Gasteiger partial charge is 0.436 e. The number of anilines is 1. The fourth-order valence-corrected chi connectivity index (χ4v) is 2.47. The molecule has 2 N–H and O–H groups in total. The molecule has 0 unspecified atom stereocenters. The van der Waals surface area contributed by atoms with E-state index in [9.17, 15) is 18.0 Å². The van der Waals surface area contributed by atoms with E-state index in [1.807, 2.05) is 0 Å². The van der Waals surface area contributed by atoms with Crippen LogP contribution in [0.2, 0.25) is 0 Å². The first-order chi connectivity index (χ1) is 11.0. The van der Waals surface area contributed by atoms with Gasteiger partial charge in [0.05, 0.1) is 0 Å². The molecule has 0 saturated heterocycles. The molecule has 0 fully saturated rings. The Balaban J connectivity index is 3.24. The zero-order valence-corrected chi connectivity index (χ0v) is 14.4. The highest BCUT2D eigenvalue weighted by molar-refractivity contribution is 7.17. The maximum Gasteiger partial charge on any atom is 0.436 e. The summed E-state index contributed by atoms with van der Waals surface area (Å²) >= 11 is 0.627. The number of halogens is 3. The number of hydrogen-bond acceptors (Lipinski definition) is 5. The van der Waals surface area contributed by atoms with E-state index in [1.54, 1.807) is 39.8 Å². The standard InChI is InChI=1S/C15H18F3N3O2S/c1-5-6-7-9(8-19)11-20-10(15(16,17)18)12(24-11)21-13(22)23-14(2,3)4/h5-8,19H,1-4H3,(H,21,22)/b6-5-,9-7+,19-8?. The van der Waals surface area contributed by atoms with Crippen LogP contribution in [-0.4, -0.2) is 22.9 Å². The predicted octanol–water partition coefficient (Wildman–Crippen LogP) is 5.12. The fourth-order valence-electron chi connectivity index (χ4n) is 1.50. The number of thiazole rings is 1. The van der Waals surface area contributed by atoms with Gasteiger partial charge in [0.2, 0.25) is 0 Å². The second-order valence-electron chi connectivity index (χ2n) is 5.61. The molecule has 5 nitrogen and oxygen atoms in total. The summed E-state index contributed by atoms with van der Waals surface area (Å²) in [6.45, 7) is 6.53. The number of nitrogens with one attached hydrogen (secondary N) is 2. The quantitative estimate of drug-likeness (QED) is 0.577. The van der Waals surface area contributed by atoms with Gasteiger partial charge >= 0.3 is 12.3 Å². The SMILES string of the molecule is C/C=C\C=C(/C=N)c1nc(C(F)(F)F)c(NC(=O)OC(C)(C)C)s1. The van der Waals surface area contributed by atoms with Gasteiger partial charge in [-0.1, -0.05) is 29.6 Å². The predicted molar refractivity (Wildman–Crippen MR) is 88.5 cm³/mol. The normalized spacial score (nSPS) is 13.2. The lowest BCUT2D eigenvalue weighted by atomic mass is 10.2. The number of carbonyl (C=O) groups excluding carboxylic acids is 1. The number of ether oxygens (including phenoxy) is 1. The number of rotatable bonds is 4. The molecule has 0 aliphatic rings. The summed E-state index contributed by atoms with van der Waals surface area (Å²) in [5, 5.41) is 8.90. The van der Waals surface area contributed by atoms with Crippen molar-refractivity contribution in [2.75, 3.05) is 5.32 Å². The van der Waals surface area contributed by atoms with Gasteiger partial charge < -0.3 is 10.1 Å². The minimum Gasteiger partial charge on any atom is -0.444 e. The number of alkyl halides is 3. The van der Waals surface area contributed by atoms with Gasteiger partial charge in [-0.25, -0.2) is 9.78 Å². The van der Waals surface area contributed by atoms with Crippen molar-refractivity contribution in [1.29, 1.82) is 5.41 Å². The third kappa shape index (κ3) is 5.80. The zero-order chi connectivity index (χ0) is 18.5. The fraction of sp³-hybridized carbons (Fsp3) is 0.400. The van der Waals surface area contributed by atoms with Gasteiger partial charge in [0, 0.05) is 11.8 Å². The van der Waals surface area contributed by atoms with Crippen LogP contribution in [0.25, 0.3) is 5.57 Å². The Morgan fingerprint density at radius 3 is 2.42 bits per heavy atom. The van der Waals surface area contributed by atoms with E-state index in [1.165, 1.54) is 6.08 Å². The van der Waals surface area contributed by atoms with Gasteiger partial charge in [0.25, 0.3) is 0 Å². The zero-order valence-electron chi connectivity index (χ0n) is 13.6. The van der Waals surface area contributed by atoms with E-state index in [4.69, 9.17) is 10.1 Å². The number of aromatic nitrogens is 1. The molecular formula is C15H18F3N3O2S. The number of nitrogens with zero attached hydrogens (tertiary/aromatic N) is 1. The maximum atomic E-state index is 13.1. The van der Waals surface area contributed by atoms with Crippen molar-refractivity contribution in [3.05, 3.63) is 28.9 Å². The van der Waals surface area contributed by atoms with Crippen LogP contribution < -0.4 is 5.32 Å². The monoisotopic (exact) mass is 361 g/mol. The molecule has 24 heavy (non-hydrogen) atoms. The Labute approximate surface area is 141 Å². The first kappa shape index (κ1) is 19.9. The number of hydrogen-bond donors (Lipinski definition) is 2. The first-order valence-corrected chi connectivity index (χ1v) is 7.71. The van der Waals surface area contributed by atoms with Crippen molar-refractivity contribution in [2.24, 2.45) is 0 Å². The summed E-state index contributed by atoms with van der Waals surface area (Å²) in [5.74, 6) is 0. The topological polar surface area (TPSA) is 75.1 Å². The number of carbonyl (C=O) groups is 1. The summed E-state index contributed by atoms with van der Waals surface area (Å²) in [4.78, 5) is 15.3. The van der Waals surface area contributed by atoms with Gasteiger partial charge in [0.1, 0.15) is 15.6 Å². The van der Waals surface area contributed by atoms with Crippen LogP contribution in [0.1, 0.15) is 38.4 Å². The van der Waals surface area contributed by atoms with Crippen molar-refractivity contribution >= 4 is 34.2 Å². The minimum atomic E-state index is -4.74. The lowest BCUT2D eigenvalue weighted by Crippen LogP contribution is -2.27. The van der Waals surface area contributed by atoms with E-state index in [0.29, 0.717) is 11.3 Å². The molecule has 132 valence electrons. The summed E-state index contributed by atoms with van der Waals surface area (Å²) in [6, 6.07) is 0. The van der Waals surface area contributed by atoms with Crippen LogP contribution in [-0.2, 0) is 10.9 Å². The van der Waals surface area contributed by atoms with Crippen LogP contribution >= 0.6 is 11.3 Å².